The van der Waals surface area contributed by atoms with Crippen LogP contribution >= 0.6 is 0 Å². The highest BCUT2D eigenvalue weighted by Crippen LogP contribution is 2.34. The van der Waals surface area contributed by atoms with E-state index >= 15 is 0 Å². The molecule has 0 amide bonds. The van der Waals surface area contributed by atoms with Crippen LogP contribution in [0.2, 0.25) is 19.6 Å². The lowest BCUT2D eigenvalue weighted by Gasteiger charge is -2.17. The van der Waals surface area contributed by atoms with Gasteiger partial charge in [0.15, 0.2) is 17.8 Å². The van der Waals surface area contributed by atoms with Crippen LogP contribution in [-0.4, -0.2) is 39.2 Å². The third kappa shape index (κ3) is 7.22. The zero-order valence-electron chi connectivity index (χ0n) is 15.6. The topological polar surface area (TPSA) is 105 Å². The van der Waals surface area contributed by atoms with Crippen molar-refractivity contribution in [1.82, 2.24) is 0 Å². The SMILES string of the molecule is COc1cc(C=O)c([N+](=O)[O-])cc1OCCCCCC(=O)O[Si](C)(C)C. The highest BCUT2D eigenvalue weighted by Gasteiger charge is 2.20. The largest absolute Gasteiger partial charge is 0.520 e. The Labute approximate surface area is 153 Å². The Morgan fingerprint density at radius 3 is 2.42 bits per heavy atom. The van der Waals surface area contributed by atoms with E-state index in [1.165, 1.54) is 19.2 Å². The second kappa shape index (κ2) is 9.90. The van der Waals surface area contributed by atoms with Crippen LogP contribution in [0.4, 0.5) is 5.69 Å². The minimum Gasteiger partial charge on any atom is -0.520 e. The number of aldehydes is 1. The molecule has 0 fully saturated rings. The maximum atomic E-state index is 11.6. The van der Waals surface area contributed by atoms with Crippen LogP contribution < -0.4 is 9.47 Å². The maximum Gasteiger partial charge on any atom is 0.292 e. The van der Waals surface area contributed by atoms with Crippen LogP contribution in [0.25, 0.3) is 0 Å². The summed E-state index contributed by atoms with van der Waals surface area (Å²) in [5.74, 6) is 0.297. The fourth-order valence-electron chi connectivity index (χ4n) is 2.21. The van der Waals surface area contributed by atoms with Crippen molar-refractivity contribution in [1.29, 1.82) is 0 Å². The molecule has 0 aliphatic rings. The minimum atomic E-state index is -1.84. The molecule has 0 saturated heterocycles. The Hall–Kier alpha value is -2.42. The molecule has 9 heteroatoms. The first kappa shape index (κ1) is 21.6. The quantitative estimate of drug-likeness (QED) is 0.188. The standard InChI is InChI=1S/C17H25NO7Si/c1-23-15-10-13(12-19)14(18(21)22)11-16(15)24-9-7-5-6-8-17(20)25-26(2,3)4/h10-12H,5-9H2,1-4H3. The van der Waals surface area contributed by atoms with Crippen LogP contribution in [0, 0.1) is 10.1 Å². The summed E-state index contributed by atoms with van der Waals surface area (Å²) in [7, 11) is -0.445. The van der Waals surface area contributed by atoms with Gasteiger partial charge in [-0.15, -0.1) is 0 Å². The highest BCUT2D eigenvalue weighted by molar-refractivity contribution is 6.71. The van der Waals surface area contributed by atoms with E-state index in [0.717, 1.165) is 6.42 Å². The molecule has 1 aromatic carbocycles. The molecule has 0 aliphatic carbocycles. The van der Waals surface area contributed by atoms with E-state index in [0.29, 0.717) is 32.2 Å². The van der Waals surface area contributed by atoms with E-state index in [1.54, 1.807) is 0 Å². The Morgan fingerprint density at radius 1 is 1.19 bits per heavy atom. The molecule has 0 spiro atoms. The van der Waals surface area contributed by atoms with Gasteiger partial charge >= 0.3 is 0 Å². The second-order valence-electron chi connectivity index (χ2n) is 6.68. The predicted molar refractivity (Wildman–Crippen MR) is 98.4 cm³/mol. The molecule has 1 rings (SSSR count). The molecule has 144 valence electrons. The van der Waals surface area contributed by atoms with Crippen molar-refractivity contribution in [3.8, 4) is 11.5 Å². The zero-order chi connectivity index (χ0) is 19.7. The molecule has 0 bridgehead atoms. The van der Waals surface area contributed by atoms with E-state index in [-0.39, 0.29) is 28.7 Å². The van der Waals surface area contributed by atoms with Gasteiger partial charge in [0, 0.05) is 12.5 Å². The van der Waals surface area contributed by atoms with Crippen LogP contribution in [-0.2, 0) is 9.22 Å². The Kier molecular flexibility index (Phi) is 8.24. The van der Waals surface area contributed by atoms with Crippen molar-refractivity contribution in [3.63, 3.8) is 0 Å². The van der Waals surface area contributed by atoms with Crippen LogP contribution in [0.3, 0.4) is 0 Å². The molecule has 0 heterocycles. The maximum absolute atomic E-state index is 11.6. The monoisotopic (exact) mass is 383 g/mol. The number of rotatable bonds is 11. The molecular weight excluding hydrogens is 358 g/mol. The third-order valence-corrected chi connectivity index (χ3v) is 4.18. The molecular formula is C17H25NO7Si. The summed E-state index contributed by atoms with van der Waals surface area (Å²) < 4.78 is 16.0. The highest BCUT2D eigenvalue weighted by atomic mass is 28.4. The normalized spacial score (nSPS) is 10.9. The van der Waals surface area contributed by atoms with Gasteiger partial charge in [0.1, 0.15) is 0 Å². The number of methoxy groups -OCH3 is 1. The van der Waals surface area contributed by atoms with Gasteiger partial charge in [-0.05, 0) is 38.9 Å². The fourth-order valence-corrected chi connectivity index (χ4v) is 3.00. The first-order valence-electron chi connectivity index (χ1n) is 8.34. The minimum absolute atomic E-state index is 0.0693. The Balaban J connectivity index is 2.50. The van der Waals surface area contributed by atoms with Gasteiger partial charge in [-0.2, -0.15) is 0 Å². The number of hydrogen-bond donors (Lipinski definition) is 0. The summed E-state index contributed by atoms with van der Waals surface area (Å²) in [5.41, 5.74) is -0.398. The summed E-state index contributed by atoms with van der Waals surface area (Å²) in [6.45, 7) is 6.20. The van der Waals surface area contributed by atoms with Crippen LogP contribution in [0.1, 0.15) is 36.0 Å². The van der Waals surface area contributed by atoms with Crippen molar-refractivity contribution >= 4 is 26.3 Å². The molecule has 0 saturated carbocycles. The summed E-state index contributed by atoms with van der Waals surface area (Å²) in [5, 5.41) is 11.0. The van der Waals surface area contributed by atoms with Crippen molar-refractivity contribution in [2.45, 2.75) is 45.3 Å². The Bertz CT molecular complexity index is 655. The number of nitrogens with zero attached hydrogens (tertiary/aromatic N) is 1. The van der Waals surface area contributed by atoms with Gasteiger partial charge in [-0.3, -0.25) is 19.7 Å². The first-order chi connectivity index (χ1) is 12.2. The molecule has 0 unspecified atom stereocenters. The van der Waals surface area contributed by atoms with Crippen LogP contribution in [0.5, 0.6) is 11.5 Å². The van der Waals surface area contributed by atoms with Gasteiger partial charge in [0.05, 0.1) is 30.3 Å². The molecule has 0 aliphatic heterocycles. The van der Waals surface area contributed by atoms with Gasteiger partial charge in [-0.25, -0.2) is 0 Å². The number of hydrogen-bond acceptors (Lipinski definition) is 7. The van der Waals surface area contributed by atoms with Crippen LogP contribution in [0.15, 0.2) is 12.1 Å². The number of carbonyl (C=O) groups is 2. The number of nitro benzene ring substituents is 1. The fraction of sp³-hybridized carbons (Fsp3) is 0.529. The molecule has 0 aromatic heterocycles. The van der Waals surface area contributed by atoms with E-state index in [2.05, 4.69) is 0 Å². The van der Waals surface area contributed by atoms with E-state index in [4.69, 9.17) is 13.9 Å². The number of unbranched alkanes of at least 4 members (excludes halogenated alkanes) is 2. The Morgan fingerprint density at radius 2 is 1.88 bits per heavy atom. The average molecular weight is 383 g/mol. The van der Waals surface area contributed by atoms with Crippen molar-refractivity contribution < 1.29 is 28.4 Å². The summed E-state index contributed by atoms with van der Waals surface area (Å²) in [6.07, 6.45) is 2.90. The average Bonchev–Trinajstić information content (AvgIpc) is 2.55. The summed E-state index contributed by atoms with van der Waals surface area (Å²) in [4.78, 5) is 33.0. The van der Waals surface area contributed by atoms with Gasteiger partial charge in [0.2, 0.25) is 8.32 Å². The third-order valence-electron chi connectivity index (χ3n) is 3.34. The van der Waals surface area contributed by atoms with Gasteiger partial charge in [0.25, 0.3) is 11.7 Å². The van der Waals surface area contributed by atoms with E-state index < -0.39 is 13.2 Å². The van der Waals surface area contributed by atoms with Crippen molar-refractivity contribution in [3.05, 3.63) is 27.8 Å². The lowest BCUT2D eigenvalue weighted by molar-refractivity contribution is -0.385. The lowest BCUT2D eigenvalue weighted by atomic mass is 10.1. The summed E-state index contributed by atoms with van der Waals surface area (Å²) in [6, 6.07) is 2.47. The first-order valence-corrected chi connectivity index (χ1v) is 11.7. The molecule has 8 nitrogen and oxygen atoms in total. The van der Waals surface area contributed by atoms with Gasteiger partial charge in [-0.1, -0.05) is 0 Å². The molecule has 26 heavy (non-hydrogen) atoms. The number of benzene rings is 1. The summed E-state index contributed by atoms with van der Waals surface area (Å²) >= 11 is 0. The smallest absolute Gasteiger partial charge is 0.292 e. The van der Waals surface area contributed by atoms with Crippen molar-refractivity contribution in [2.75, 3.05) is 13.7 Å². The molecule has 0 radical (unpaired) electrons. The number of carbonyl (C=O) groups excluding carboxylic acids is 2. The predicted octanol–water partition coefficient (Wildman–Crippen LogP) is 3.73. The number of nitro groups is 1. The second-order valence-corrected chi connectivity index (χ2v) is 11.1. The lowest BCUT2D eigenvalue weighted by Crippen LogP contribution is -2.28. The molecule has 0 N–H and O–H groups in total. The zero-order valence-corrected chi connectivity index (χ0v) is 16.6. The number of ether oxygens (including phenoxy) is 2. The van der Waals surface area contributed by atoms with Crippen molar-refractivity contribution in [2.24, 2.45) is 0 Å². The van der Waals surface area contributed by atoms with E-state index in [9.17, 15) is 19.7 Å². The molecule has 1 aromatic rings. The van der Waals surface area contributed by atoms with E-state index in [1.807, 2.05) is 19.6 Å². The molecule has 0 atom stereocenters. The van der Waals surface area contributed by atoms with Gasteiger partial charge < -0.3 is 13.9 Å².